The molecule has 0 fully saturated rings. The summed E-state index contributed by atoms with van der Waals surface area (Å²) in [5, 5.41) is 0. The molecule has 0 heterocycles. The fourth-order valence-corrected chi connectivity index (χ4v) is 10.8. The first-order valence-electron chi connectivity index (χ1n) is 35.9. The van der Waals surface area contributed by atoms with E-state index >= 15 is 0 Å². The maximum Gasteiger partial charge on any atom is 0.161 e. The minimum atomic E-state index is 0.627. The zero-order chi connectivity index (χ0) is 62.5. The van der Waals surface area contributed by atoms with Gasteiger partial charge in [-0.05, 0) is 144 Å². The van der Waals surface area contributed by atoms with Crippen molar-refractivity contribution in [2.75, 3.05) is 52.9 Å². The van der Waals surface area contributed by atoms with Crippen LogP contribution in [0, 0.1) is 0 Å². The highest BCUT2D eigenvalue weighted by molar-refractivity contribution is 5.89. The van der Waals surface area contributed by atoms with Gasteiger partial charge < -0.3 is 37.9 Å². The fraction of sp³-hybridized carbons (Fsp3) is 0.600. The van der Waals surface area contributed by atoms with Gasteiger partial charge in [0.1, 0.15) is 0 Å². The Morgan fingerprint density at radius 3 is 0.375 bits per heavy atom. The molecule has 88 heavy (non-hydrogen) atoms. The van der Waals surface area contributed by atoms with E-state index in [9.17, 15) is 0 Å². The number of hydrogen-bond acceptors (Lipinski definition) is 8. The number of hydrogen-bond donors (Lipinski definition) is 0. The summed E-state index contributed by atoms with van der Waals surface area (Å²) < 4.78 is 54.0. The second-order valence-electron chi connectivity index (χ2n) is 24.3. The molecule has 0 N–H and O–H groups in total. The highest BCUT2D eigenvalue weighted by Crippen LogP contribution is 2.40. The minimum absolute atomic E-state index is 0.627. The first-order chi connectivity index (χ1) is 43.4. The molecule has 8 nitrogen and oxygen atoms in total. The van der Waals surface area contributed by atoms with E-state index in [0.29, 0.717) is 52.9 Å². The third-order valence-electron chi connectivity index (χ3n) is 16.4. The Hall–Kier alpha value is -5.76. The molecule has 0 spiro atoms. The van der Waals surface area contributed by atoms with Crippen molar-refractivity contribution < 1.29 is 37.9 Å². The van der Waals surface area contributed by atoms with E-state index in [1.165, 1.54) is 103 Å². The lowest BCUT2D eigenvalue weighted by Crippen LogP contribution is -2.04. The molecule has 1 aliphatic carbocycles. The maximum atomic E-state index is 6.75. The molecule has 488 valence electrons. The van der Waals surface area contributed by atoms with E-state index in [1.54, 1.807) is 0 Å². The van der Waals surface area contributed by atoms with Crippen molar-refractivity contribution in [1.82, 2.24) is 0 Å². The second kappa shape index (κ2) is 46.3. The van der Waals surface area contributed by atoms with E-state index in [0.717, 1.165) is 193 Å². The number of rotatable bonds is 48. The molecule has 4 aromatic rings. The Labute approximate surface area is 536 Å². The zero-order valence-corrected chi connectivity index (χ0v) is 56.8. The Balaban J connectivity index is 1.84. The summed E-state index contributed by atoms with van der Waals surface area (Å²) in [4.78, 5) is 0. The van der Waals surface area contributed by atoms with Crippen LogP contribution in [0.5, 0.6) is 46.0 Å². The van der Waals surface area contributed by atoms with E-state index in [1.807, 2.05) is 0 Å². The predicted octanol–water partition coefficient (Wildman–Crippen LogP) is 24.4. The van der Waals surface area contributed by atoms with Gasteiger partial charge in [0, 0.05) is 0 Å². The van der Waals surface area contributed by atoms with Gasteiger partial charge in [-0.3, -0.25) is 0 Å². The maximum absolute atomic E-state index is 6.75. The van der Waals surface area contributed by atoms with Crippen LogP contribution in [0.4, 0.5) is 0 Å². The summed E-state index contributed by atoms with van der Waals surface area (Å²) in [6, 6.07) is 17.6. The van der Waals surface area contributed by atoms with Crippen LogP contribution in [0.2, 0.25) is 0 Å². The van der Waals surface area contributed by atoms with Crippen LogP contribution in [0.25, 0.3) is 48.6 Å². The third kappa shape index (κ3) is 28.0. The predicted molar refractivity (Wildman–Crippen MR) is 379 cm³/mol. The van der Waals surface area contributed by atoms with Gasteiger partial charge in [0.15, 0.2) is 46.0 Å². The van der Waals surface area contributed by atoms with Crippen molar-refractivity contribution in [2.45, 2.75) is 261 Å². The van der Waals surface area contributed by atoms with Crippen LogP contribution in [0.1, 0.15) is 305 Å². The van der Waals surface area contributed by atoms with Crippen molar-refractivity contribution in [3.05, 3.63) is 93.0 Å². The Morgan fingerprint density at radius 1 is 0.159 bits per heavy atom. The van der Waals surface area contributed by atoms with Crippen molar-refractivity contribution in [3.63, 3.8) is 0 Å². The Kier molecular flexibility index (Phi) is 38.4. The zero-order valence-electron chi connectivity index (χ0n) is 56.8. The van der Waals surface area contributed by atoms with Crippen molar-refractivity contribution in [1.29, 1.82) is 0 Å². The average Bonchev–Trinajstić information content (AvgIpc) is 1.67. The number of unbranched alkanes of at least 4 members (excludes halogenated alkanes) is 24. The third-order valence-corrected chi connectivity index (χ3v) is 16.4. The van der Waals surface area contributed by atoms with Gasteiger partial charge >= 0.3 is 0 Å². The summed E-state index contributed by atoms with van der Waals surface area (Å²) in [7, 11) is 0. The first kappa shape index (κ1) is 73.0. The largest absolute Gasteiger partial charge is 0.490 e. The standard InChI is InChI=1S/C80H120O8/c1-9-17-25-33-49-81-73-57-65-41-42-67-59-75(83-51-35-27-19-11-3)77(85-53-37-29-21-13-5)61-69(67)45-46-71-63-79(87-55-39-31-23-15-7)80(88-56-40-32-24-16-8)64-72(71)48-47-70-62-78(86-54-38-30-22-14-6)76(84-52-36-28-20-12-4)60-68(70)44-43-66(65)58-74(73)82-50-34-26-18-10-2/h41-48,57-64H,9-40,49-56H2,1-8H3/b42-41+,44-43+,46-45+,48-47+,65-41?,66-43?,67-42?,68-44?,69-45?,70-47?,71-46?,72-48?. The number of benzene rings is 4. The Morgan fingerprint density at radius 2 is 0.273 bits per heavy atom. The highest BCUT2D eigenvalue weighted by atomic mass is 16.5. The van der Waals surface area contributed by atoms with Gasteiger partial charge in [0.25, 0.3) is 0 Å². The molecule has 0 bridgehead atoms. The van der Waals surface area contributed by atoms with Gasteiger partial charge in [0.05, 0.1) is 52.9 Å². The van der Waals surface area contributed by atoms with Crippen LogP contribution in [0.15, 0.2) is 48.5 Å². The summed E-state index contributed by atoms with van der Waals surface area (Å²) >= 11 is 0. The quantitative estimate of drug-likeness (QED) is 0.0357. The van der Waals surface area contributed by atoms with Crippen LogP contribution in [-0.4, -0.2) is 52.9 Å². The molecule has 4 aromatic carbocycles. The normalized spacial score (nSPS) is 13.4. The number of ether oxygens (including phenoxy) is 8. The van der Waals surface area contributed by atoms with E-state index in [-0.39, 0.29) is 0 Å². The SMILES string of the molecule is CCCCCCOc1cc2c(cc1OCCCCCC)/C=C/c1cc(OCCCCCC)c(OCCCCCC)cc1/C=C/c1cc(OCCCCCC)c(OCCCCCC)cc1/C=C/c1cc(OCCCCCC)c(OCCCCCC)cc1/C=C/2. The summed E-state index contributed by atoms with van der Waals surface area (Å²) in [5.74, 6) is 6.17. The molecule has 0 aromatic heterocycles. The monoisotopic (exact) mass is 1210 g/mol. The molecule has 0 aliphatic heterocycles. The van der Waals surface area contributed by atoms with Crippen molar-refractivity contribution in [3.8, 4) is 46.0 Å². The number of fused-ring (bicyclic) bond motifs is 4. The van der Waals surface area contributed by atoms with E-state index < -0.39 is 0 Å². The molecular weight excluding hydrogens is 1090 g/mol. The van der Waals surface area contributed by atoms with Crippen LogP contribution < -0.4 is 37.9 Å². The first-order valence-corrected chi connectivity index (χ1v) is 35.9. The van der Waals surface area contributed by atoms with Crippen LogP contribution >= 0.6 is 0 Å². The average molecular weight is 1210 g/mol. The van der Waals surface area contributed by atoms with Crippen molar-refractivity contribution >= 4 is 48.6 Å². The van der Waals surface area contributed by atoms with E-state index in [2.05, 4.69) is 153 Å². The molecule has 1 aliphatic rings. The van der Waals surface area contributed by atoms with E-state index in [4.69, 9.17) is 37.9 Å². The Bertz CT molecular complexity index is 2090. The van der Waals surface area contributed by atoms with Gasteiger partial charge in [-0.2, -0.15) is 0 Å². The molecular formula is C80H120O8. The summed E-state index contributed by atoms with van der Waals surface area (Å²) in [6.45, 7) is 23.0. The molecule has 5 rings (SSSR count). The van der Waals surface area contributed by atoms with Crippen LogP contribution in [-0.2, 0) is 0 Å². The molecule has 0 unspecified atom stereocenters. The van der Waals surface area contributed by atoms with Crippen molar-refractivity contribution in [2.24, 2.45) is 0 Å². The lowest BCUT2D eigenvalue weighted by Gasteiger charge is -2.18. The molecule has 0 saturated carbocycles. The minimum Gasteiger partial charge on any atom is -0.490 e. The molecule has 0 atom stereocenters. The lowest BCUT2D eigenvalue weighted by atomic mass is 9.97. The lowest BCUT2D eigenvalue weighted by molar-refractivity contribution is 0.258. The summed E-state index contributed by atoms with van der Waals surface area (Å²) in [5.41, 5.74) is 8.14. The van der Waals surface area contributed by atoms with Gasteiger partial charge in [-0.1, -0.05) is 258 Å². The molecule has 0 radical (unpaired) electrons. The molecule has 0 saturated heterocycles. The van der Waals surface area contributed by atoms with Gasteiger partial charge in [0.2, 0.25) is 0 Å². The molecule has 0 amide bonds. The van der Waals surface area contributed by atoms with Gasteiger partial charge in [-0.25, -0.2) is 0 Å². The van der Waals surface area contributed by atoms with Crippen LogP contribution in [0.3, 0.4) is 0 Å². The topological polar surface area (TPSA) is 73.8 Å². The smallest absolute Gasteiger partial charge is 0.161 e. The fourth-order valence-electron chi connectivity index (χ4n) is 10.8. The summed E-state index contributed by atoms with van der Waals surface area (Å²) in [6.07, 6.45) is 53.8. The highest BCUT2D eigenvalue weighted by Gasteiger charge is 2.18. The molecule has 8 heteroatoms. The van der Waals surface area contributed by atoms with Gasteiger partial charge in [-0.15, -0.1) is 0 Å². The second-order valence-corrected chi connectivity index (χ2v) is 24.3.